The Labute approximate surface area is 78.8 Å². The van der Waals surface area contributed by atoms with Gasteiger partial charge in [0.1, 0.15) is 0 Å². The average molecular weight is 234 g/mol. The molecule has 0 saturated carbocycles. The lowest BCUT2D eigenvalue weighted by molar-refractivity contribution is -0.0495. The van der Waals surface area contributed by atoms with E-state index in [-0.39, 0.29) is 26.3 Å². The number of hydrogen-bond donors (Lipinski definition) is 1. The highest BCUT2D eigenvalue weighted by atomic mass is 32.2. The molecular weight excluding hydrogens is 225 g/mol. The molecule has 5 nitrogen and oxygen atoms in total. The quantitative estimate of drug-likeness (QED) is 0.711. The number of rotatable bonds is 2. The van der Waals surface area contributed by atoms with Gasteiger partial charge in [0, 0.05) is 13.1 Å². The summed E-state index contributed by atoms with van der Waals surface area (Å²) in [6.07, 6.45) is 0. The predicted molar refractivity (Wildman–Crippen MR) is 40.5 cm³/mol. The van der Waals surface area contributed by atoms with Gasteiger partial charge in [0.15, 0.2) is 0 Å². The van der Waals surface area contributed by atoms with Gasteiger partial charge in [-0.15, -0.1) is 4.83 Å². The molecule has 0 spiro atoms. The molecule has 1 N–H and O–H groups in total. The van der Waals surface area contributed by atoms with E-state index in [9.17, 15) is 21.6 Å². The van der Waals surface area contributed by atoms with Crippen LogP contribution < -0.4 is 4.83 Å². The standard InChI is InChI=1S/C5H9F3N2O3S/c6-5(7,8)14(11,12)9-10-1-3-13-4-2-10/h9H,1-4H2. The molecule has 14 heavy (non-hydrogen) atoms. The molecule has 1 aliphatic heterocycles. The highest BCUT2D eigenvalue weighted by molar-refractivity contribution is 7.90. The molecule has 0 aromatic rings. The monoisotopic (exact) mass is 234 g/mol. The molecule has 0 amide bonds. The number of sulfonamides is 1. The minimum atomic E-state index is -5.28. The number of alkyl halides is 3. The van der Waals surface area contributed by atoms with Crippen molar-refractivity contribution in [2.75, 3.05) is 26.3 Å². The third-order valence-corrected chi connectivity index (χ3v) is 2.67. The van der Waals surface area contributed by atoms with Crippen LogP contribution in [-0.4, -0.2) is 45.2 Å². The first-order valence-corrected chi connectivity index (χ1v) is 5.23. The fourth-order valence-electron chi connectivity index (χ4n) is 0.876. The van der Waals surface area contributed by atoms with Crippen molar-refractivity contribution < 1.29 is 26.3 Å². The van der Waals surface area contributed by atoms with Gasteiger partial charge in [-0.25, -0.2) is 13.4 Å². The Hall–Kier alpha value is -0.380. The lowest BCUT2D eigenvalue weighted by Gasteiger charge is -2.26. The lowest BCUT2D eigenvalue weighted by atomic mass is 10.5. The normalized spacial score (nSPS) is 21.1. The highest BCUT2D eigenvalue weighted by Crippen LogP contribution is 2.21. The summed E-state index contributed by atoms with van der Waals surface area (Å²) in [5.41, 5.74) is -5.27. The maximum atomic E-state index is 11.9. The first kappa shape index (κ1) is 11.7. The summed E-state index contributed by atoms with van der Waals surface area (Å²) in [5, 5.41) is 0.965. The lowest BCUT2D eigenvalue weighted by Crippen LogP contribution is -2.51. The van der Waals surface area contributed by atoms with Crippen LogP contribution >= 0.6 is 0 Å². The largest absolute Gasteiger partial charge is 0.512 e. The van der Waals surface area contributed by atoms with E-state index in [0.717, 1.165) is 5.01 Å². The maximum Gasteiger partial charge on any atom is 0.512 e. The van der Waals surface area contributed by atoms with Gasteiger partial charge in [-0.1, -0.05) is 0 Å². The molecule has 0 unspecified atom stereocenters. The number of hydrogen-bond acceptors (Lipinski definition) is 4. The van der Waals surface area contributed by atoms with Gasteiger partial charge < -0.3 is 4.74 Å². The number of nitrogens with zero attached hydrogens (tertiary/aromatic N) is 1. The number of halogens is 3. The van der Waals surface area contributed by atoms with Crippen LogP contribution in [0.4, 0.5) is 13.2 Å². The van der Waals surface area contributed by atoms with Crippen LogP contribution in [0.2, 0.25) is 0 Å². The van der Waals surface area contributed by atoms with Gasteiger partial charge >= 0.3 is 15.5 Å². The minimum absolute atomic E-state index is 0.106. The van der Waals surface area contributed by atoms with Crippen LogP contribution in [0.5, 0.6) is 0 Å². The predicted octanol–water partition coefficient (Wildman–Crippen LogP) is -0.327. The summed E-state index contributed by atoms with van der Waals surface area (Å²) in [4.78, 5) is 1.44. The van der Waals surface area contributed by atoms with Crippen LogP contribution in [-0.2, 0) is 14.8 Å². The Bertz CT molecular complexity index is 283. The summed E-state index contributed by atoms with van der Waals surface area (Å²) < 4.78 is 61.7. The minimum Gasteiger partial charge on any atom is -0.379 e. The summed E-state index contributed by atoms with van der Waals surface area (Å²) in [5.74, 6) is 0. The van der Waals surface area contributed by atoms with Crippen molar-refractivity contribution in [2.24, 2.45) is 0 Å². The maximum absolute atomic E-state index is 11.9. The molecule has 1 fully saturated rings. The third-order valence-electron chi connectivity index (χ3n) is 1.57. The van der Waals surface area contributed by atoms with Crippen molar-refractivity contribution in [1.29, 1.82) is 0 Å². The molecule has 1 heterocycles. The topological polar surface area (TPSA) is 58.6 Å². The second-order valence-electron chi connectivity index (χ2n) is 2.64. The average Bonchev–Trinajstić information content (AvgIpc) is 2.03. The molecule has 0 aromatic heterocycles. The van der Waals surface area contributed by atoms with E-state index in [1.807, 2.05) is 0 Å². The molecule has 84 valence electrons. The highest BCUT2D eigenvalue weighted by Gasteiger charge is 2.46. The van der Waals surface area contributed by atoms with Crippen molar-refractivity contribution in [3.8, 4) is 0 Å². The Morgan fingerprint density at radius 1 is 1.21 bits per heavy atom. The van der Waals surface area contributed by atoms with E-state index < -0.39 is 15.5 Å². The van der Waals surface area contributed by atoms with E-state index in [1.165, 1.54) is 4.83 Å². The molecule has 0 radical (unpaired) electrons. The zero-order valence-corrected chi connectivity index (χ0v) is 7.86. The third kappa shape index (κ3) is 2.80. The number of morpholine rings is 1. The molecule has 1 rings (SSSR count). The van der Waals surface area contributed by atoms with Crippen LogP contribution in [0.1, 0.15) is 0 Å². The van der Waals surface area contributed by atoms with Crippen LogP contribution in [0.25, 0.3) is 0 Å². The molecular formula is C5H9F3N2O3S. The summed E-state index contributed by atoms with van der Waals surface area (Å²) in [6, 6.07) is 0. The van der Waals surface area contributed by atoms with E-state index >= 15 is 0 Å². The molecule has 1 saturated heterocycles. The molecule has 0 bridgehead atoms. The van der Waals surface area contributed by atoms with Crippen LogP contribution in [0, 0.1) is 0 Å². The van der Waals surface area contributed by atoms with Crippen molar-refractivity contribution in [2.45, 2.75) is 5.51 Å². The Balaban J connectivity index is 2.58. The van der Waals surface area contributed by atoms with Crippen molar-refractivity contribution in [1.82, 2.24) is 9.84 Å². The van der Waals surface area contributed by atoms with E-state index in [2.05, 4.69) is 0 Å². The van der Waals surface area contributed by atoms with E-state index in [0.29, 0.717) is 0 Å². The van der Waals surface area contributed by atoms with Gasteiger partial charge in [-0.3, -0.25) is 0 Å². The number of nitrogens with one attached hydrogen (secondary N) is 1. The fourth-order valence-corrected chi connectivity index (χ4v) is 1.50. The van der Waals surface area contributed by atoms with Gasteiger partial charge in [0.25, 0.3) is 0 Å². The number of hydrazine groups is 1. The Morgan fingerprint density at radius 2 is 1.71 bits per heavy atom. The zero-order chi connectivity index (χ0) is 10.8. The van der Waals surface area contributed by atoms with Gasteiger partial charge in [-0.05, 0) is 0 Å². The SMILES string of the molecule is O=S(=O)(NN1CCOCC1)C(F)(F)F. The van der Waals surface area contributed by atoms with Crippen LogP contribution in [0.3, 0.4) is 0 Å². The second kappa shape index (κ2) is 4.01. The second-order valence-corrected chi connectivity index (χ2v) is 4.29. The Kier molecular flexibility index (Phi) is 3.35. The first-order valence-electron chi connectivity index (χ1n) is 3.74. The fraction of sp³-hybridized carbons (Fsp3) is 1.00. The Morgan fingerprint density at radius 3 is 2.14 bits per heavy atom. The molecule has 0 aliphatic carbocycles. The summed E-state index contributed by atoms with van der Waals surface area (Å²) >= 11 is 0. The van der Waals surface area contributed by atoms with Gasteiger partial charge in [-0.2, -0.15) is 13.2 Å². The van der Waals surface area contributed by atoms with E-state index in [4.69, 9.17) is 4.74 Å². The number of ether oxygens (including phenoxy) is 1. The zero-order valence-electron chi connectivity index (χ0n) is 7.04. The summed E-state index contributed by atoms with van der Waals surface area (Å²) in [6.45, 7) is 0.630. The van der Waals surface area contributed by atoms with Crippen LogP contribution in [0.15, 0.2) is 0 Å². The smallest absolute Gasteiger partial charge is 0.379 e. The van der Waals surface area contributed by atoms with Gasteiger partial charge in [0.2, 0.25) is 0 Å². The molecule has 0 atom stereocenters. The molecule has 1 aliphatic rings. The van der Waals surface area contributed by atoms with Gasteiger partial charge in [0.05, 0.1) is 13.2 Å². The van der Waals surface area contributed by atoms with E-state index in [1.54, 1.807) is 0 Å². The van der Waals surface area contributed by atoms with Crippen molar-refractivity contribution >= 4 is 10.0 Å². The van der Waals surface area contributed by atoms with Crippen molar-refractivity contribution in [3.63, 3.8) is 0 Å². The summed E-state index contributed by atoms with van der Waals surface area (Å²) in [7, 11) is -5.28. The first-order chi connectivity index (χ1) is 6.33. The van der Waals surface area contributed by atoms with Crippen molar-refractivity contribution in [3.05, 3.63) is 0 Å². The molecule has 9 heteroatoms. The molecule has 0 aromatic carbocycles.